The topological polar surface area (TPSA) is 124 Å². The minimum absolute atomic E-state index is 0.00544. The van der Waals surface area contributed by atoms with Gasteiger partial charge in [0.05, 0.1) is 12.0 Å². The Bertz CT molecular complexity index is 1200. The molecule has 166 valence electrons. The van der Waals surface area contributed by atoms with Gasteiger partial charge >= 0.3 is 12.0 Å². The fraction of sp³-hybridized carbons (Fsp3) is 0.217. The maximum absolute atomic E-state index is 12.9. The first-order valence-electron chi connectivity index (χ1n) is 9.78. The molecule has 0 atom stereocenters. The van der Waals surface area contributed by atoms with Gasteiger partial charge in [0, 0.05) is 24.8 Å². The molecule has 1 aromatic heterocycles. The predicted molar refractivity (Wildman–Crippen MR) is 116 cm³/mol. The summed E-state index contributed by atoms with van der Waals surface area (Å²) in [4.78, 5) is 48.9. The molecule has 3 amide bonds. The van der Waals surface area contributed by atoms with E-state index in [1.165, 1.54) is 19.2 Å². The lowest BCUT2D eigenvalue weighted by atomic mass is 10.0. The molecular formula is C23H22N2O7. The molecular weight excluding hydrogens is 416 g/mol. The van der Waals surface area contributed by atoms with Crippen molar-refractivity contribution in [1.82, 2.24) is 10.6 Å². The lowest BCUT2D eigenvalue weighted by Gasteiger charge is -2.10. The predicted octanol–water partition coefficient (Wildman–Crippen LogP) is 2.40. The Kier molecular flexibility index (Phi) is 7.35. The van der Waals surface area contributed by atoms with E-state index >= 15 is 0 Å². The van der Waals surface area contributed by atoms with Crippen LogP contribution >= 0.6 is 0 Å². The summed E-state index contributed by atoms with van der Waals surface area (Å²) in [5.74, 6) is -1.33. The molecule has 1 heterocycles. The SMILES string of the molecule is COCCNC(=O)NC(=O)COC(=O)c1cccc2c(=O)c(C)c(-c3ccccc3)oc12. The van der Waals surface area contributed by atoms with Gasteiger partial charge in [0.25, 0.3) is 5.91 Å². The van der Waals surface area contributed by atoms with E-state index < -0.39 is 24.5 Å². The van der Waals surface area contributed by atoms with Gasteiger partial charge in [-0.15, -0.1) is 0 Å². The van der Waals surface area contributed by atoms with E-state index in [2.05, 4.69) is 5.32 Å². The van der Waals surface area contributed by atoms with Crippen LogP contribution in [-0.2, 0) is 14.3 Å². The Labute approximate surface area is 183 Å². The van der Waals surface area contributed by atoms with Gasteiger partial charge < -0.3 is 19.2 Å². The standard InChI is InChI=1S/C23H22N2O7/c1-14-19(27)16-9-6-10-17(21(16)32-20(14)15-7-4-3-5-8-15)22(28)31-13-18(26)25-23(29)24-11-12-30-2/h3-10H,11-13H2,1-2H3,(H2,24,25,26,29). The summed E-state index contributed by atoms with van der Waals surface area (Å²) in [5.41, 5.74) is 0.878. The average Bonchev–Trinajstić information content (AvgIpc) is 2.80. The van der Waals surface area contributed by atoms with Gasteiger partial charge in [-0.2, -0.15) is 0 Å². The van der Waals surface area contributed by atoms with E-state index in [-0.39, 0.29) is 35.1 Å². The van der Waals surface area contributed by atoms with E-state index in [4.69, 9.17) is 13.9 Å². The molecule has 3 aromatic rings. The fourth-order valence-electron chi connectivity index (χ4n) is 3.02. The van der Waals surface area contributed by atoms with Gasteiger partial charge in [0.1, 0.15) is 11.3 Å². The third-order valence-electron chi connectivity index (χ3n) is 4.58. The van der Waals surface area contributed by atoms with Crippen molar-refractivity contribution in [3.05, 3.63) is 69.9 Å². The number of hydrogen-bond acceptors (Lipinski definition) is 7. The number of para-hydroxylation sites is 1. The molecule has 2 N–H and O–H groups in total. The second kappa shape index (κ2) is 10.4. The summed E-state index contributed by atoms with van der Waals surface area (Å²) in [6.45, 7) is 1.47. The monoisotopic (exact) mass is 438 g/mol. The molecule has 2 aromatic carbocycles. The highest BCUT2D eigenvalue weighted by Gasteiger charge is 2.20. The first-order valence-corrected chi connectivity index (χ1v) is 9.78. The van der Waals surface area contributed by atoms with Gasteiger partial charge in [-0.25, -0.2) is 9.59 Å². The number of hydrogen-bond donors (Lipinski definition) is 2. The van der Waals surface area contributed by atoms with E-state index in [0.717, 1.165) is 0 Å². The van der Waals surface area contributed by atoms with Gasteiger partial charge in [-0.1, -0.05) is 36.4 Å². The quantitative estimate of drug-likeness (QED) is 0.429. The third-order valence-corrected chi connectivity index (χ3v) is 4.58. The Hall–Kier alpha value is -3.98. The second-order valence-electron chi connectivity index (χ2n) is 6.81. The number of esters is 1. The normalized spacial score (nSPS) is 10.6. The first kappa shape index (κ1) is 22.7. The minimum Gasteiger partial charge on any atom is -0.455 e. The van der Waals surface area contributed by atoms with Crippen molar-refractivity contribution in [2.24, 2.45) is 0 Å². The van der Waals surface area contributed by atoms with Crippen molar-refractivity contribution in [3.63, 3.8) is 0 Å². The minimum atomic E-state index is -0.864. The van der Waals surface area contributed by atoms with E-state index in [9.17, 15) is 19.2 Å². The molecule has 3 rings (SSSR count). The highest BCUT2D eigenvalue weighted by Crippen LogP contribution is 2.27. The number of methoxy groups -OCH3 is 1. The summed E-state index contributed by atoms with van der Waals surface area (Å²) in [6, 6.07) is 12.8. The highest BCUT2D eigenvalue weighted by atomic mass is 16.5. The number of urea groups is 1. The molecule has 0 saturated heterocycles. The average molecular weight is 438 g/mol. The molecule has 0 aliphatic rings. The molecule has 32 heavy (non-hydrogen) atoms. The highest BCUT2D eigenvalue weighted by molar-refractivity contribution is 6.03. The maximum atomic E-state index is 12.9. The number of benzene rings is 2. The van der Waals surface area contributed by atoms with E-state index in [0.29, 0.717) is 16.9 Å². The number of carbonyl (C=O) groups excluding carboxylic acids is 3. The van der Waals surface area contributed by atoms with Crippen molar-refractivity contribution >= 4 is 28.9 Å². The van der Waals surface area contributed by atoms with Gasteiger partial charge in [0.2, 0.25) is 0 Å². The van der Waals surface area contributed by atoms with E-state index in [1.807, 2.05) is 23.5 Å². The fourth-order valence-corrected chi connectivity index (χ4v) is 3.02. The van der Waals surface area contributed by atoms with Crippen molar-refractivity contribution in [1.29, 1.82) is 0 Å². The summed E-state index contributed by atoms with van der Waals surface area (Å²) in [5, 5.41) is 4.66. The molecule has 9 heteroatoms. The molecule has 0 radical (unpaired) electrons. The Morgan fingerprint density at radius 2 is 1.78 bits per heavy atom. The van der Waals surface area contributed by atoms with Crippen LogP contribution in [0, 0.1) is 6.92 Å². The second-order valence-corrected chi connectivity index (χ2v) is 6.81. The van der Waals surface area contributed by atoms with Crippen molar-refractivity contribution in [3.8, 4) is 11.3 Å². The number of amides is 3. The van der Waals surface area contributed by atoms with Crippen molar-refractivity contribution in [2.45, 2.75) is 6.92 Å². The van der Waals surface area contributed by atoms with Crippen LogP contribution in [0.15, 0.2) is 57.7 Å². The number of imide groups is 1. The smallest absolute Gasteiger partial charge is 0.342 e. The van der Waals surface area contributed by atoms with Crippen LogP contribution in [0.4, 0.5) is 4.79 Å². The third kappa shape index (κ3) is 5.19. The number of ether oxygens (including phenoxy) is 2. The maximum Gasteiger partial charge on any atom is 0.342 e. The van der Waals surface area contributed by atoms with Crippen LogP contribution in [0.2, 0.25) is 0 Å². The van der Waals surface area contributed by atoms with Gasteiger partial charge in [-0.05, 0) is 19.1 Å². The van der Waals surface area contributed by atoms with Gasteiger partial charge in [0.15, 0.2) is 17.6 Å². The number of nitrogens with one attached hydrogen (secondary N) is 2. The van der Waals surface area contributed by atoms with Crippen LogP contribution in [0.5, 0.6) is 0 Å². The van der Waals surface area contributed by atoms with Crippen LogP contribution in [0.3, 0.4) is 0 Å². The molecule has 0 bridgehead atoms. The number of rotatable bonds is 7. The van der Waals surface area contributed by atoms with Crippen LogP contribution in [0.25, 0.3) is 22.3 Å². The number of carbonyl (C=O) groups is 3. The van der Waals surface area contributed by atoms with Crippen molar-refractivity contribution < 1.29 is 28.3 Å². The summed E-state index contributed by atoms with van der Waals surface area (Å²) in [7, 11) is 1.48. The lowest BCUT2D eigenvalue weighted by molar-refractivity contribution is -0.123. The summed E-state index contributed by atoms with van der Waals surface area (Å²) >= 11 is 0. The zero-order valence-electron chi connectivity index (χ0n) is 17.6. The zero-order chi connectivity index (χ0) is 23.1. The molecule has 0 unspecified atom stereocenters. The largest absolute Gasteiger partial charge is 0.455 e. The lowest BCUT2D eigenvalue weighted by Crippen LogP contribution is -2.42. The molecule has 0 aliphatic heterocycles. The Morgan fingerprint density at radius 3 is 2.50 bits per heavy atom. The Morgan fingerprint density at radius 1 is 1.03 bits per heavy atom. The zero-order valence-corrected chi connectivity index (χ0v) is 17.6. The molecule has 9 nitrogen and oxygen atoms in total. The van der Waals surface area contributed by atoms with Crippen LogP contribution in [-0.4, -0.2) is 44.8 Å². The molecule has 0 spiro atoms. The van der Waals surface area contributed by atoms with Gasteiger partial charge in [-0.3, -0.25) is 14.9 Å². The molecule has 0 saturated carbocycles. The van der Waals surface area contributed by atoms with Crippen LogP contribution in [0.1, 0.15) is 15.9 Å². The first-order chi connectivity index (χ1) is 15.4. The summed E-state index contributed by atoms with van der Waals surface area (Å²) < 4.78 is 15.8. The summed E-state index contributed by atoms with van der Waals surface area (Å²) in [6.07, 6.45) is 0. The molecule has 0 aliphatic carbocycles. The Balaban J connectivity index is 1.80. The molecule has 0 fully saturated rings. The van der Waals surface area contributed by atoms with E-state index in [1.54, 1.807) is 25.1 Å². The number of fused-ring (bicyclic) bond motifs is 1. The van der Waals surface area contributed by atoms with Crippen molar-refractivity contribution in [2.75, 3.05) is 26.9 Å². The van der Waals surface area contributed by atoms with Crippen LogP contribution < -0.4 is 16.1 Å².